The minimum atomic E-state index is -0.500. The lowest BCUT2D eigenvalue weighted by molar-refractivity contribution is -0.385. The van der Waals surface area contributed by atoms with Crippen molar-refractivity contribution < 1.29 is 14.5 Å². The average Bonchev–Trinajstić information content (AvgIpc) is 2.25. The van der Waals surface area contributed by atoms with Gasteiger partial charge in [-0.05, 0) is 31.9 Å². The SMILES string of the molecule is CC(C)(C)C(=O)COc1c(Br)cc([N+](=O)[O-])cc1Br. The number of nitro benzene ring substituents is 1. The standard InChI is InChI=1S/C12H13Br2NO4/c1-12(2,3)10(16)6-19-11-8(13)4-7(15(17)18)5-9(11)14/h4-5H,6H2,1-3H3. The van der Waals surface area contributed by atoms with Gasteiger partial charge in [0.25, 0.3) is 5.69 Å². The molecule has 0 fully saturated rings. The highest BCUT2D eigenvalue weighted by Crippen LogP contribution is 2.37. The van der Waals surface area contributed by atoms with Crippen molar-refractivity contribution in [3.05, 3.63) is 31.2 Å². The van der Waals surface area contributed by atoms with Crippen LogP contribution in [0.1, 0.15) is 20.8 Å². The minimum absolute atomic E-state index is 0.0512. The first kappa shape index (κ1) is 16.1. The van der Waals surface area contributed by atoms with E-state index in [0.29, 0.717) is 14.7 Å². The molecule has 0 spiro atoms. The molecule has 5 nitrogen and oxygen atoms in total. The summed E-state index contributed by atoms with van der Waals surface area (Å²) in [5, 5.41) is 10.7. The Morgan fingerprint density at radius 2 is 1.79 bits per heavy atom. The first-order valence-electron chi connectivity index (χ1n) is 5.42. The van der Waals surface area contributed by atoms with Gasteiger partial charge < -0.3 is 4.74 Å². The second kappa shape index (κ2) is 6.00. The quantitative estimate of drug-likeness (QED) is 0.569. The van der Waals surface area contributed by atoms with Gasteiger partial charge in [0.2, 0.25) is 0 Å². The summed E-state index contributed by atoms with van der Waals surface area (Å²) in [6, 6.07) is 2.67. The first-order chi connectivity index (χ1) is 8.62. The topological polar surface area (TPSA) is 69.4 Å². The van der Waals surface area contributed by atoms with Crippen molar-refractivity contribution in [1.29, 1.82) is 0 Å². The van der Waals surface area contributed by atoms with Crippen LogP contribution in [0.4, 0.5) is 5.69 Å². The van der Waals surface area contributed by atoms with Gasteiger partial charge in [0, 0.05) is 17.5 Å². The molecule has 0 heterocycles. The Kier molecular flexibility index (Phi) is 5.09. The molecule has 1 aromatic rings. The summed E-state index contributed by atoms with van der Waals surface area (Å²) in [7, 11) is 0. The highest BCUT2D eigenvalue weighted by atomic mass is 79.9. The van der Waals surface area contributed by atoms with E-state index < -0.39 is 10.3 Å². The van der Waals surface area contributed by atoms with Crippen LogP contribution in [0.25, 0.3) is 0 Å². The Labute approximate surface area is 127 Å². The third-order valence-corrected chi connectivity index (χ3v) is 3.56. The number of nitro groups is 1. The molecule has 0 saturated carbocycles. The third-order valence-electron chi connectivity index (χ3n) is 2.38. The number of nitrogens with zero attached hydrogens (tertiary/aromatic N) is 1. The number of non-ortho nitro benzene ring substituents is 1. The average molecular weight is 395 g/mol. The highest BCUT2D eigenvalue weighted by molar-refractivity contribution is 9.11. The van der Waals surface area contributed by atoms with Crippen molar-refractivity contribution in [3.63, 3.8) is 0 Å². The number of carbonyl (C=O) groups is 1. The lowest BCUT2D eigenvalue weighted by atomic mass is 9.91. The molecule has 0 N–H and O–H groups in total. The number of hydrogen-bond donors (Lipinski definition) is 0. The molecule has 0 bridgehead atoms. The zero-order chi connectivity index (χ0) is 14.8. The Bertz CT molecular complexity index is 500. The van der Waals surface area contributed by atoms with E-state index >= 15 is 0 Å². The van der Waals surface area contributed by atoms with Gasteiger partial charge in [-0.2, -0.15) is 0 Å². The van der Waals surface area contributed by atoms with E-state index in [1.807, 2.05) is 0 Å². The zero-order valence-corrected chi connectivity index (χ0v) is 13.9. The smallest absolute Gasteiger partial charge is 0.271 e. The molecule has 0 unspecified atom stereocenters. The zero-order valence-electron chi connectivity index (χ0n) is 10.7. The summed E-state index contributed by atoms with van der Waals surface area (Å²) >= 11 is 6.39. The lowest BCUT2D eigenvalue weighted by Crippen LogP contribution is -2.26. The number of hydrogen-bond acceptors (Lipinski definition) is 4. The van der Waals surface area contributed by atoms with Crippen molar-refractivity contribution in [2.45, 2.75) is 20.8 Å². The molecule has 7 heteroatoms. The second-order valence-electron chi connectivity index (χ2n) is 4.96. The summed E-state index contributed by atoms with van der Waals surface area (Å²) < 4.78 is 6.28. The number of ether oxygens (including phenoxy) is 1. The van der Waals surface area contributed by atoms with Gasteiger partial charge in [-0.25, -0.2) is 0 Å². The summed E-state index contributed by atoms with van der Waals surface area (Å²) in [4.78, 5) is 22.0. The molecular weight excluding hydrogens is 382 g/mol. The van der Waals surface area contributed by atoms with E-state index in [2.05, 4.69) is 31.9 Å². The molecule has 0 aromatic heterocycles. The molecule has 0 atom stereocenters. The number of ketones is 1. The molecule has 19 heavy (non-hydrogen) atoms. The van der Waals surface area contributed by atoms with Crippen LogP contribution in [0.15, 0.2) is 21.1 Å². The van der Waals surface area contributed by atoms with Crippen LogP contribution in [-0.2, 0) is 4.79 Å². The van der Waals surface area contributed by atoms with Crippen molar-refractivity contribution in [3.8, 4) is 5.75 Å². The van der Waals surface area contributed by atoms with E-state index in [9.17, 15) is 14.9 Å². The summed E-state index contributed by atoms with van der Waals surface area (Å²) in [5.74, 6) is 0.327. The van der Waals surface area contributed by atoms with Gasteiger partial charge in [0.05, 0.1) is 13.9 Å². The number of rotatable bonds is 4. The van der Waals surface area contributed by atoms with E-state index in [-0.39, 0.29) is 18.1 Å². The predicted octanol–water partition coefficient (Wildman–Crippen LogP) is 4.11. The van der Waals surface area contributed by atoms with Crippen molar-refractivity contribution in [2.75, 3.05) is 6.61 Å². The number of halogens is 2. The maximum absolute atomic E-state index is 11.8. The molecule has 0 aliphatic rings. The first-order valence-corrected chi connectivity index (χ1v) is 7.01. The van der Waals surface area contributed by atoms with Crippen molar-refractivity contribution in [1.82, 2.24) is 0 Å². The van der Waals surface area contributed by atoms with E-state index in [1.165, 1.54) is 12.1 Å². The molecule has 0 aliphatic carbocycles. The Hall–Kier alpha value is -0.950. The van der Waals surface area contributed by atoms with Crippen LogP contribution in [0.2, 0.25) is 0 Å². The molecule has 1 aromatic carbocycles. The summed E-state index contributed by atoms with van der Waals surface area (Å²) in [5.41, 5.74) is -0.548. The van der Waals surface area contributed by atoms with E-state index in [1.54, 1.807) is 20.8 Å². The largest absolute Gasteiger partial charge is 0.483 e. The second-order valence-corrected chi connectivity index (χ2v) is 6.67. The van der Waals surface area contributed by atoms with Crippen LogP contribution >= 0.6 is 31.9 Å². The van der Waals surface area contributed by atoms with Gasteiger partial charge in [0.1, 0.15) is 12.4 Å². The normalized spacial score (nSPS) is 11.2. The fourth-order valence-electron chi connectivity index (χ4n) is 1.14. The Morgan fingerprint density at radius 3 is 2.16 bits per heavy atom. The summed E-state index contributed by atoms with van der Waals surface area (Å²) in [6.07, 6.45) is 0. The Morgan fingerprint density at radius 1 is 1.32 bits per heavy atom. The van der Waals surface area contributed by atoms with Crippen molar-refractivity contribution in [2.24, 2.45) is 5.41 Å². The Balaban J connectivity index is 2.92. The van der Waals surface area contributed by atoms with Crippen LogP contribution in [0.5, 0.6) is 5.75 Å². The molecular formula is C12H13Br2NO4. The van der Waals surface area contributed by atoms with E-state index in [4.69, 9.17) is 4.74 Å². The molecule has 0 saturated heterocycles. The highest BCUT2D eigenvalue weighted by Gasteiger charge is 2.23. The van der Waals surface area contributed by atoms with Gasteiger partial charge in [-0.15, -0.1) is 0 Å². The van der Waals surface area contributed by atoms with Crippen LogP contribution in [0.3, 0.4) is 0 Å². The van der Waals surface area contributed by atoms with E-state index in [0.717, 1.165) is 0 Å². The maximum Gasteiger partial charge on any atom is 0.271 e. The lowest BCUT2D eigenvalue weighted by Gasteiger charge is -2.17. The molecule has 1 rings (SSSR count). The molecule has 0 amide bonds. The van der Waals surface area contributed by atoms with Gasteiger partial charge in [-0.3, -0.25) is 14.9 Å². The summed E-state index contributed by atoms with van der Waals surface area (Å²) in [6.45, 7) is 5.33. The number of Topliss-reactive ketones (excluding diaryl/α,β-unsaturated/α-hetero) is 1. The van der Waals surface area contributed by atoms with Gasteiger partial charge in [0.15, 0.2) is 5.78 Å². The fraction of sp³-hybridized carbons (Fsp3) is 0.417. The van der Waals surface area contributed by atoms with Crippen LogP contribution in [-0.4, -0.2) is 17.3 Å². The van der Waals surface area contributed by atoms with Gasteiger partial charge in [-0.1, -0.05) is 20.8 Å². The third kappa shape index (κ3) is 4.28. The van der Waals surface area contributed by atoms with Crippen molar-refractivity contribution >= 4 is 43.3 Å². The number of benzene rings is 1. The predicted molar refractivity (Wildman–Crippen MR) is 78.5 cm³/mol. The fourth-order valence-corrected chi connectivity index (χ4v) is 2.54. The molecule has 0 aliphatic heterocycles. The van der Waals surface area contributed by atoms with Gasteiger partial charge >= 0.3 is 0 Å². The maximum atomic E-state index is 11.8. The molecule has 104 valence electrons. The monoisotopic (exact) mass is 393 g/mol. The molecule has 0 radical (unpaired) electrons. The van der Waals surface area contributed by atoms with Crippen LogP contribution in [0, 0.1) is 15.5 Å². The van der Waals surface area contributed by atoms with Crippen LogP contribution < -0.4 is 4.74 Å². The number of carbonyl (C=O) groups excluding carboxylic acids is 1. The minimum Gasteiger partial charge on any atom is -0.483 e.